The number of hydrogen-bond acceptors (Lipinski definition) is 4. The smallest absolute Gasteiger partial charge is 0.149 e. The maximum absolute atomic E-state index is 9.50. The number of hydrogen-bond donors (Lipinski definition) is 1. The molecule has 23 heavy (non-hydrogen) atoms. The van der Waals surface area contributed by atoms with Gasteiger partial charge < -0.3 is 4.98 Å². The molecular formula is C18H16N4S. The van der Waals surface area contributed by atoms with Gasteiger partial charge in [0.25, 0.3) is 0 Å². The second-order valence-corrected chi connectivity index (χ2v) is 7.12. The first-order valence-corrected chi connectivity index (χ1v) is 8.59. The summed E-state index contributed by atoms with van der Waals surface area (Å²) in [6.45, 7) is 2.27. The summed E-state index contributed by atoms with van der Waals surface area (Å²) in [5.74, 6) is 1.41. The average molecular weight is 320 g/mol. The standard InChI is InChI=1S/C18H16N4S/c1-11-6-7-12-13(9-19)18(23-16(12)8-11)20-10-17-21-14-4-2-3-5-15(14)22-17/h2-5,10-11H,6-8H2,1H3,(H,21,22)/t11-/m1/s1. The molecule has 1 atom stereocenters. The third-order valence-electron chi connectivity index (χ3n) is 4.32. The van der Waals surface area contributed by atoms with E-state index in [2.05, 4.69) is 28.0 Å². The molecule has 0 saturated heterocycles. The van der Waals surface area contributed by atoms with E-state index in [0.717, 1.165) is 46.7 Å². The highest BCUT2D eigenvalue weighted by Crippen LogP contribution is 2.40. The molecule has 0 radical (unpaired) electrons. The molecule has 2 heterocycles. The number of benzene rings is 1. The van der Waals surface area contributed by atoms with Gasteiger partial charge in [0, 0.05) is 4.88 Å². The Balaban J connectivity index is 1.69. The van der Waals surface area contributed by atoms with Gasteiger partial charge in [-0.3, -0.25) is 0 Å². The average Bonchev–Trinajstić information content (AvgIpc) is 3.12. The zero-order chi connectivity index (χ0) is 15.8. The highest BCUT2D eigenvalue weighted by molar-refractivity contribution is 7.16. The van der Waals surface area contributed by atoms with Crippen molar-refractivity contribution in [3.63, 3.8) is 0 Å². The molecule has 0 bridgehead atoms. The predicted molar refractivity (Wildman–Crippen MR) is 93.6 cm³/mol. The van der Waals surface area contributed by atoms with Gasteiger partial charge in [-0.05, 0) is 42.9 Å². The van der Waals surface area contributed by atoms with Gasteiger partial charge in [-0.15, -0.1) is 11.3 Å². The van der Waals surface area contributed by atoms with Crippen molar-refractivity contribution in [2.75, 3.05) is 0 Å². The van der Waals surface area contributed by atoms with Crippen LogP contribution in [0.1, 0.15) is 35.2 Å². The molecule has 0 saturated carbocycles. The van der Waals surface area contributed by atoms with Crippen LogP contribution in [0.2, 0.25) is 0 Å². The number of nitrogens with one attached hydrogen (secondary N) is 1. The van der Waals surface area contributed by atoms with E-state index in [4.69, 9.17) is 0 Å². The quantitative estimate of drug-likeness (QED) is 0.712. The molecule has 0 fully saturated rings. The third kappa shape index (κ3) is 2.55. The summed E-state index contributed by atoms with van der Waals surface area (Å²) in [6, 6.07) is 10.2. The van der Waals surface area contributed by atoms with Crippen LogP contribution in [-0.4, -0.2) is 16.2 Å². The first-order chi connectivity index (χ1) is 11.2. The Morgan fingerprint density at radius 3 is 3.13 bits per heavy atom. The van der Waals surface area contributed by atoms with Crippen LogP contribution < -0.4 is 0 Å². The summed E-state index contributed by atoms with van der Waals surface area (Å²) in [5, 5.41) is 10.3. The van der Waals surface area contributed by atoms with Crippen LogP contribution in [0, 0.1) is 17.2 Å². The van der Waals surface area contributed by atoms with Gasteiger partial charge in [-0.25, -0.2) is 9.98 Å². The van der Waals surface area contributed by atoms with E-state index in [1.54, 1.807) is 17.6 Å². The highest BCUT2D eigenvalue weighted by atomic mass is 32.1. The maximum Gasteiger partial charge on any atom is 0.149 e. The van der Waals surface area contributed by atoms with Crippen LogP contribution >= 0.6 is 11.3 Å². The molecule has 1 aliphatic carbocycles. The molecule has 5 heteroatoms. The maximum atomic E-state index is 9.50. The summed E-state index contributed by atoms with van der Waals surface area (Å²) in [7, 11) is 0. The summed E-state index contributed by atoms with van der Waals surface area (Å²) in [4.78, 5) is 13.6. The van der Waals surface area contributed by atoms with E-state index < -0.39 is 0 Å². The van der Waals surface area contributed by atoms with Gasteiger partial charge >= 0.3 is 0 Å². The topological polar surface area (TPSA) is 64.8 Å². The Hall–Kier alpha value is -2.45. The molecule has 0 amide bonds. The van der Waals surface area contributed by atoms with E-state index >= 15 is 0 Å². The number of H-pyrrole nitrogens is 1. The number of thiophene rings is 1. The van der Waals surface area contributed by atoms with Gasteiger partial charge in [0.2, 0.25) is 0 Å². The van der Waals surface area contributed by atoms with Gasteiger partial charge in [-0.1, -0.05) is 19.1 Å². The van der Waals surface area contributed by atoms with Crippen molar-refractivity contribution in [2.45, 2.75) is 26.2 Å². The minimum atomic E-state index is 0.694. The molecule has 1 N–H and O–H groups in total. The second-order valence-electron chi connectivity index (χ2n) is 6.04. The van der Waals surface area contributed by atoms with Gasteiger partial charge in [0.15, 0.2) is 0 Å². The molecule has 0 aliphatic heterocycles. The Labute approximate surface area is 138 Å². The van der Waals surface area contributed by atoms with Crippen molar-refractivity contribution in [3.8, 4) is 6.07 Å². The van der Waals surface area contributed by atoms with Crippen LogP contribution in [0.5, 0.6) is 0 Å². The number of nitriles is 1. The molecule has 1 aromatic carbocycles. The van der Waals surface area contributed by atoms with Crippen LogP contribution in [0.4, 0.5) is 5.00 Å². The zero-order valence-electron chi connectivity index (χ0n) is 12.8. The van der Waals surface area contributed by atoms with Crippen molar-refractivity contribution in [1.82, 2.24) is 9.97 Å². The minimum absolute atomic E-state index is 0.694. The summed E-state index contributed by atoms with van der Waals surface area (Å²) in [6.07, 6.45) is 4.94. The Bertz CT molecular complexity index is 909. The molecule has 0 spiro atoms. The zero-order valence-corrected chi connectivity index (χ0v) is 13.7. The van der Waals surface area contributed by atoms with Gasteiger partial charge in [-0.2, -0.15) is 5.26 Å². The Morgan fingerprint density at radius 2 is 2.30 bits per heavy atom. The number of fused-ring (bicyclic) bond motifs is 2. The van der Waals surface area contributed by atoms with Crippen molar-refractivity contribution >= 4 is 33.6 Å². The lowest BCUT2D eigenvalue weighted by Crippen LogP contribution is -2.09. The molecule has 2 aromatic heterocycles. The largest absolute Gasteiger partial charge is 0.337 e. The summed E-state index contributed by atoms with van der Waals surface area (Å²) < 4.78 is 0. The van der Waals surface area contributed by atoms with Gasteiger partial charge in [0.1, 0.15) is 16.9 Å². The molecule has 3 aromatic rings. The monoisotopic (exact) mass is 320 g/mol. The fourth-order valence-corrected chi connectivity index (χ4v) is 4.40. The van der Waals surface area contributed by atoms with Crippen LogP contribution in [-0.2, 0) is 12.8 Å². The fourth-order valence-electron chi connectivity index (χ4n) is 3.10. The number of aromatic amines is 1. The minimum Gasteiger partial charge on any atom is -0.337 e. The molecule has 4 rings (SSSR count). The number of nitrogens with zero attached hydrogens (tertiary/aromatic N) is 3. The molecular weight excluding hydrogens is 304 g/mol. The van der Waals surface area contributed by atoms with Crippen molar-refractivity contribution in [1.29, 1.82) is 5.26 Å². The van der Waals surface area contributed by atoms with E-state index in [-0.39, 0.29) is 0 Å². The lowest BCUT2D eigenvalue weighted by atomic mass is 9.89. The lowest BCUT2D eigenvalue weighted by molar-refractivity contribution is 0.507. The first-order valence-electron chi connectivity index (χ1n) is 7.78. The van der Waals surface area contributed by atoms with Crippen molar-refractivity contribution in [3.05, 3.63) is 46.1 Å². The van der Waals surface area contributed by atoms with E-state index in [1.807, 2.05) is 24.3 Å². The van der Waals surface area contributed by atoms with E-state index in [9.17, 15) is 5.26 Å². The Morgan fingerprint density at radius 1 is 1.43 bits per heavy atom. The van der Waals surface area contributed by atoms with E-state index in [0.29, 0.717) is 5.92 Å². The number of aliphatic imine (C=N–C) groups is 1. The second kappa shape index (κ2) is 5.64. The predicted octanol–water partition coefficient (Wildman–Crippen LogP) is 4.37. The fraction of sp³-hybridized carbons (Fsp3) is 0.278. The van der Waals surface area contributed by atoms with Crippen LogP contribution in [0.3, 0.4) is 0 Å². The molecule has 114 valence electrons. The van der Waals surface area contributed by atoms with E-state index in [1.165, 1.54) is 10.4 Å². The highest BCUT2D eigenvalue weighted by Gasteiger charge is 2.23. The van der Waals surface area contributed by atoms with Crippen molar-refractivity contribution in [2.24, 2.45) is 10.9 Å². The van der Waals surface area contributed by atoms with Crippen molar-refractivity contribution < 1.29 is 0 Å². The number of aromatic nitrogens is 2. The molecule has 1 aliphatic rings. The Kier molecular flexibility index (Phi) is 3.47. The summed E-state index contributed by atoms with van der Waals surface area (Å²) in [5.41, 5.74) is 3.89. The normalized spacial score (nSPS) is 17.5. The summed E-state index contributed by atoms with van der Waals surface area (Å²) >= 11 is 1.65. The van der Waals surface area contributed by atoms with Gasteiger partial charge in [0.05, 0.1) is 22.8 Å². The first kappa shape index (κ1) is 14.2. The third-order valence-corrected chi connectivity index (χ3v) is 5.48. The lowest BCUT2D eigenvalue weighted by Gasteiger charge is -2.17. The number of para-hydroxylation sites is 2. The van der Waals surface area contributed by atoms with Crippen LogP contribution in [0.25, 0.3) is 11.0 Å². The molecule has 4 nitrogen and oxygen atoms in total. The molecule has 0 unspecified atom stereocenters. The number of imidazole rings is 1. The van der Waals surface area contributed by atoms with Crippen LogP contribution in [0.15, 0.2) is 29.3 Å². The number of rotatable bonds is 2. The SMILES string of the molecule is C[C@@H]1CCc2c(sc(N=Cc3nc4ccccc4[nH]3)c2C#N)C1.